The first-order chi connectivity index (χ1) is 9.93. The van der Waals surface area contributed by atoms with E-state index >= 15 is 0 Å². The molecule has 6 heteroatoms. The van der Waals surface area contributed by atoms with E-state index in [4.69, 9.17) is 17.2 Å². The molecule has 0 saturated heterocycles. The summed E-state index contributed by atoms with van der Waals surface area (Å²) in [5, 5.41) is 0. The quantitative estimate of drug-likeness (QED) is 0.739. The van der Waals surface area contributed by atoms with Gasteiger partial charge in [0.2, 0.25) is 0 Å². The lowest BCUT2D eigenvalue weighted by atomic mass is 10.0. The lowest BCUT2D eigenvalue weighted by Gasteiger charge is -2.26. The van der Waals surface area contributed by atoms with Gasteiger partial charge < -0.3 is 22.1 Å². The molecule has 0 aliphatic carbocycles. The predicted octanol–water partition coefficient (Wildman–Crippen LogP) is 1.56. The average Bonchev–Trinajstić information content (AvgIpc) is 2.46. The average molecular weight is 292 g/mol. The highest BCUT2D eigenvalue weighted by atomic mass is 19.1. The number of nitrogens with two attached hydrogens (primary N) is 3. The second-order valence-electron chi connectivity index (χ2n) is 4.89. The number of hydrogen-bond donors (Lipinski definition) is 3. The van der Waals surface area contributed by atoms with Gasteiger partial charge in [-0.15, -0.1) is 0 Å². The van der Waals surface area contributed by atoms with Gasteiger partial charge >= 0.3 is 0 Å². The van der Waals surface area contributed by atoms with Gasteiger partial charge in [-0.25, -0.2) is 8.78 Å². The molecule has 21 heavy (non-hydrogen) atoms. The molecule has 0 radical (unpaired) electrons. The molecule has 112 valence electrons. The highest BCUT2D eigenvalue weighted by Gasteiger charge is 2.14. The topological polar surface area (TPSA) is 81.3 Å². The normalized spacial score (nSPS) is 15.8. The maximum Gasteiger partial charge on any atom is 0.156 e. The van der Waals surface area contributed by atoms with Crippen molar-refractivity contribution in [1.29, 1.82) is 0 Å². The van der Waals surface area contributed by atoms with Crippen LogP contribution in [0.5, 0.6) is 0 Å². The molecule has 0 aromatic heterocycles. The van der Waals surface area contributed by atoms with Crippen LogP contribution < -0.4 is 17.2 Å². The Hall–Kier alpha value is -2.34. The molecule has 0 fully saturated rings. The van der Waals surface area contributed by atoms with Crippen LogP contribution in [0.3, 0.4) is 0 Å². The maximum atomic E-state index is 13.8. The van der Waals surface area contributed by atoms with E-state index in [1.165, 1.54) is 12.1 Å². The van der Waals surface area contributed by atoms with Crippen molar-refractivity contribution in [3.8, 4) is 0 Å². The van der Waals surface area contributed by atoms with Crippen LogP contribution in [0.4, 0.5) is 14.5 Å². The molecule has 6 N–H and O–H groups in total. The van der Waals surface area contributed by atoms with Gasteiger partial charge in [0.15, 0.2) is 5.82 Å². The second kappa shape index (κ2) is 5.97. The summed E-state index contributed by atoms with van der Waals surface area (Å²) in [6.07, 6.45) is 4.84. The molecule has 0 bridgehead atoms. The van der Waals surface area contributed by atoms with Crippen molar-refractivity contribution in [2.75, 3.05) is 25.9 Å². The van der Waals surface area contributed by atoms with Gasteiger partial charge in [-0.05, 0) is 29.9 Å². The minimum atomic E-state index is -0.759. The third kappa shape index (κ3) is 3.05. The highest BCUT2D eigenvalue weighted by molar-refractivity contribution is 5.60. The molecule has 2 rings (SSSR count). The van der Waals surface area contributed by atoms with Crippen LogP contribution in [0.25, 0.3) is 6.08 Å². The van der Waals surface area contributed by atoms with Gasteiger partial charge in [0, 0.05) is 31.3 Å². The molecule has 0 spiro atoms. The molecular formula is C15H18F2N4. The molecule has 0 atom stereocenters. The summed E-state index contributed by atoms with van der Waals surface area (Å²) in [7, 11) is 1.83. The summed E-state index contributed by atoms with van der Waals surface area (Å²) in [5.74, 6) is -0.807. The van der Waals surface area contributed by atoms with Crippen LogP contribution in [0, 0.1) is 11.6 Å². The molecule has 1 aliphatic heterocycles. The van der Waals surface area contributed by atoms with E-state index < -0.39 is 11.6 Å². The van der Waals surface area contributed by atoms with E-state index in [0.717, 1.165) is 17.2 Å². The Morgan fingerprint density at radius 1 is 1.24 bits per heavy atom. The monoisotopic (exact) mass is 292 g/mol. The zero-order valence-electron chi connectivity index (χ0n) is 11.7. The Morgan fingerprint density at radius 2 is 1.95 bits per heavy atom. The molecule has 0 amide bonds. The first-order valence-electron chi connectivity index (χ1n) is 6.46. The number of likely N-dealkylation sites (N-methyl/N-ethyl adjacent to an activating group) is 1. The Bertz CT molecular complexity index is 647. The molecule has 1 heterocycles. The lowest BCUT2D eigenvalue weighted by Crippen LogP contribution is -2.31. The van der Waals surface area contributed by atoms with Gasteiger partial charge in [-0.3, -0.25) is 0 Å². The van der Waals surface area contributed by atoms with E-state index in [-0.39, 0.29) is 11.3 Å². The van der Waals surface area contributed by atoms with E-state index in [1.807, 2.05) is 18.0 Å². The number of nitrogens with zero attached hydrogens (tertiary/aromatic N) is 1. The minimum absolute atomic E-state index is 0.0856. The standard InChI is InChI=1S/C15H18F2N4/c1-21-8-9(6-10(7-18)15(21)20)2-3-11-12(16)4-5-13(19)14(11)17/h2-6H,7-8,18-20H2,1H3. The van der Waals surface area contributed by atoms with Crippen molar-refractivity contribution in [2.45, 2.75) is 0 Å². The van der Waals surface area contributed by atoms with Gasteiger partial charge in [0.25, 0.3) is 0 Å². The van der Waals surface area contributed by atoms with Crippen molar-refractivity contribution in [1.82, 2.24) is 4.90 Å². The molecule has 0 unspecified atom stereocenters. The van der Waals surface area contributed by atoms with Crippen molar-refractivity contribution in [3.63, 3.8) is 0 Å². The van der Waals surface area contributed by atoms with E-state index in [9.17, 15) is 8.78 Å². The number of rotatable bonds is 3. The third-order valence-electron chi connectivity index (χ3n) is 3.36. The summed E-state index contributed by atoms with van der Waals surface area (Å²) in [5.41, 5.74) is 18.4. The zero-order valence-corrected chi connectivity index (χ0v) is 11.7. The maximum absolute atomic E-state index is 13.8. The predicted molar refractivity (Wildman–Crippen MR) is 80.8 cm³/mol. The highest BCUT2D eigenvalue weighted by Crippen LogP contribution is 2.22. The molecule has 0 saturated carbocycles. The molecular weight excluding hydrogens is 274 g/mol. The molecule has 1 aromatic rings. The summed E-state index contributed by atoms with van der Waals surface area (Å²) >= 11 is 0. The second-order valence-corrected chi connectivity index (χ2v) is 4.89. The van der Waals surface area contributed by atoms with Gasteiger partial charge in [-0.2, -0.15) is 0 Å². The first-order valence-corrected chi connectivity index (χ1v) is 6.46. The van der Waals surface area contributed by atoms with E-state index in [1.54, 1.807) is 6.08 Å². The lowest BCUT2D eigenvalue weighted by molar-refractivity contribution is 0.439. The number of halogens is 2. The zero-order chi connectivity index (χ0) is 15.6. The molecule has 1 aromatic carbocycles. The summed E-state index contributed by atoms with van der Waals surface area (Å²) < 4.78 is 27.4. The first kappa shape index (κ1) is 15.1. The smallest absolute Gasteiger partial charge is 0.156 e. The van der Waals surface area contributed by atoms with Crippen molar-refractivity contribution < 1.29 is 8.78 Å². The Morgan fingerprint density at radius 3 is 2.62 bits per heavy atom. The SMILES string of the molecule is CN1CC(C=Cc2c(F)ccc(N)c2F)=CC(CN)=C1N. The number of anilines is 1. The summed E-state index contributed by atoms with van der Waals surface area (Å²) in [4.78, 5) is 1.83. The fraction of sp³-hybridized carbons (Fsp3) is 0.200. The van der Waals surface area contributed by atoms with Gasteiger partial charge in [0.05, 0.1) is 5.69 Å². The van der Waals surface area contributed by atoms with Crippen molar-refractivity contribution in [3.05, 3.63) is 58.4 Å². The summed E-state index contributed by atoms with van der Waals surface area (Å²) in [6, 6.07) is 2.34. The largest absolute Gasteiger partial charge is 0.396 e. The fourth-order valence-corrected chi connectivity index (χ4v) is 2.14. The Labute approximate surface area is 122 Å². The van der Waals surface area contributed by atoms with Crippen molar-refractivity contribution in [2.24, 2.45) is 11.5 Å². The number of benzene rings is 1. The van der Waals surface area contributed by atoms with Crippen LogP contribution in [-0.4, -0.2) is 25.0 Å². The summed E-state index contributed by atoms with van der Waals surface area (Å²) in [6.45, 7) is 0.839. The Kier molecular flexibility index (Phi) is 4.28. The van der Waals surface area contributed by atoms with Crippen LogP contribution >= 0.6 is 0 Å². The van der Waals surface area contributed by atoms with Crippen LogP contribution in [0.15, 0.2) is 41.3 Å². The van der Waals surface area contributed by atoms with Crippen LogP contribution in [-0.2, 0) is 0 Å². The van der Waals surface area contributed by atoms with Gasteiger partial charge in [-0.1, -0.05) is 6.08 Å². The third-order valence-corrected chi connectivity index (χ3v) is 3.36. The van der Waals surface area contributed by atoms with E-state index in [2.05, 4.69) is 0 Å². The minimum Gasteiger partial charge on any atom is -0.396 e. The van der Waals surface area contributed by atoms with E-state index in [0.29, 0.717) is 18.9 Å². The molecule has 4 nitrogen and oxygen atoms in total. The number of hydrogen-bond acceptors (Lipinski definition) is 4. The van der Waals surface area contributed by atoms with Crippen LogP contribution in [0.2, 0.25) is 0 Å². The Balaban J connectivity index is 2.33. The van der Waals surface area contributed by atoms with Crippen molar-refractivity contribution >= 4 is 11.8 Å². The van der Waals surface area contributed by atoms with Crippen LogP contribution in [0.1, 0.15) is 5.56 Å². The van der Waals surface area contributed by atoms with Gasteiger partial charge in [0.1, 0.15) is 11.6 Å². The number of nitrogen functional groups attached to an aromatic ring is 1. The fourth-order valence-electron chi connectivity index (χ4n) is 2.14. The molecule has 1 aliphatic rings.